The lowest BCUT2D eigenvalue weighted by Gasteiger charge is -2.36. The molecule has 4 heterocycles. The highest BCUT2D eigenvalue weighted by Crippen LogP contribution is 2.31. The van der Waals surface area contributed by atoms with Crippen molar-refractivity contribution in [3.63, 3.8) is 0 Å². The molecule has 2 aliphatic rings. The molecule has 0 amide bonds. The van der Waals surface area contributed by atoms with Crippen LogP contribution in [0.2, 0.25) is 0 Å². The highest BCUT2D eigenvalue weighted by atomic mass is 35.5. The Morgan fingerprint density at radius 3 is 3.00 bits per heavy atom. The summed E-state index contributed by atoms with van der Waals surface area (Å²) in [5, 5.41) is 0. The largest absolute Gasteiger partial charge is 0.484 e. The third-order valence-corrected chi connectivity index (χ3v) is 5.77. The molecule has 1 saturated heterocycles. The van der Waals surface area contributed by atoms with Gasteiger partial charge in [-0.15, -0.1) is 0 Å². The van der Waals surface area contributed by atoms with E-state index in [9.17, 15) is 0 Å². The first-order chi connectivity index (χ1) is 14.1. The maximum atomic E-state index is 6.25. The van der Waals surface area contributed by atoms with Crippen LogP contribution < -0.4 is 15.1 Å². The Bertz CT molecular complexity index is 854. The molecule has 0 N–H and O–H groups in total. The molecule has 0 bridgehead atoms. The Morgan fingerprint density at radius 1 is 1.28 bits per heavy atom. The summed E-state index contributed by atoms with van der Waals surface area (Å²) in [7, 11) is 0. The summed E-state index contributed by atoms with van der Waals surface area (Å²) in [6, 6.07) is 8.30. The van der Waals surface area contributed by atoms with Gasteiger partial charge in [-0.3, -0.25) is 9.88 Å². The van der Waals surface area contributed by atoms with Crippen LogP contribution in [0.1, 0.15) is 42.8 Å². The minimum atomic E-state index is 0.197. The first kappa shape index (κ1) is 20.4. The number of aryl methyl sites for hydroxylation is 1. The fourth-order valence-corrected chi connectivity index (χ4v) is 4.14. The Morgan fingerprint density at radius 2 is 2.14 bits per heavy atom. The number of rotatable bonds is 6. The molecule has 0 saturated carbocycles. The summed E-state index contributed by atoms with van der Waals surface area (Å²) in [5.41, 5.74) is 4.01. The van der Waals surface area contributed by atoms with Gasteiger partial charge in [-0.05, 0) is 63.1 Å². The quantitative estimate of drug-likeness (QED) is 0.676. The second kappa shape index (κ2) is 9.33. The smallest absolute Gasteiger partial charge is 0.288 e. The van der Waals surface area contributed by atoms with E-state index < -0.39 is 0 Å². The fourth-order valence-electron chi connectivity index (χ4n) is 4.00. The normalized spacial score (nSPS) is 20.3. The zero-order valence-electron chi connectivity index (χ0n) is 17.1. The summed E-state index contributed by atoms with van der Waals surface area (Å²) >= 11 is 5.94. The SMILES string of the molecule is Cc1cc(CO[C@H]2CCCN([C@H](C)c3ccc4c(n3)OCCO4)C2)cc(BCl)n1. The number of aromatic nitrogens is 2. The van der Waals surface area contributed by atoms with Crippen molar-refractivity contribution in [1.29, 1.82) is 0 Å². The van der Waals surface area contributed by atoms with E-state index in [1.165, 1.54) is 0 Å². The first-order valence-electron chi connectivity index (χ1n) is 10.3. The summed E-state index contributed by atoms with van der Waals surface area (Å²) in [4.78, 5) is 11.6. The lowest BCUT2D eigenvalue weighted by atomic mass is 9.99. The molecule has 0 radical (unpaired) electrons. The standard InChI is InChI=1S/C21H27BClN3O3/c1-14-10-16(11-20(22-23)24-14)13-29-17-4-3-7-26(12-17)15(2)18-5-6-19-21(25-18)28-9-8-27-19/h5-6,10-11,15,17,22H,3-4,7-9,12-13H2,1-2H3/t15-,17+/m1/s1. The molecule has 2 atom stereocenters. The topological polar surface area (TPSA) is 56.7 Å². The molecule has 4 rings (SSSR count). The predicted octanol–water partition coefficient (Wildman–Crippen LogP) is 2.51. The maximum absolute atomic E-state index is 6.25. The molecule has 0 aliphatic carbocycles. The van der Waals surface area contributed by atoms with Crippen LogP contribution in [0.25, 0.3) is 0 Å². The number of hydrogen-bond donors (Lipinski definition) is 0. The zero-order chi connectivity index (χ0) is 20.2. The van der Waals surface area contributed by atoms with E-state index in [1.807, 2.05) is 25.1 Å². The number of hydrogen-bond acceptors (Lipinski definition) is 6. The van der Waals surface area contributed by atoms with E-state index in [4.69, 9.17) is 25.7 Å². The van der Waals surface area contributed by atoms with Crippen LogP contribution in [-0.2, 0) is 11.3 Å². The Kier molecular flexibility index (Phi) is 6.58. The second-order valence-electron chi connectivity index (χ2n) is 7.72. The summed E-state index contributed by atoms with van der Waals surface area (Å²) in [6.45, 7) is 8.26. The molecule has 8 heteroatoms. The Hall–Kier alpha value is -1.83. The van der Waals surface area contributed by atoms with E-state index >= 15 is 0 Å². The second-order valence-corrected chi connectivity index (χ2v) is 7.99. The van der Waals surface area contributed by atoms with Gasteiger partial charge in [-0.2, -0.15) is 11.5 Å². The van der Waals surface area contributed by atoms with Crippen LogP contribution in [0, 0.1) is 6.92 Å². The van der Waals surface area contributed by atoms with Gasteiger partial charge in [0, 0.05) is 23.9 Å². The average molecular weight is 416 g/mol. The molecule has 0 aromatic carbocycles. The van der Waals surface area contributed by atoms with Crippen LogP contribution in [0.5, 0.6) is 11.6 Å². The number of halogens is 1. The summed E-state index contributed by atoms with van der Waals surface area (Å²) < 4.78 is 17.5. The lowest BCUT2D eigenvalue weighted by Crippen LogP contribution is -2.41. The minimum Gasteiger partial charge on any atom is -0.484 e. The molecule has 154 valence electrons. The average Bonchev–Trinajstić information content (AvgIpc) is 2.76. The van der Waals surface area contributed by atoms with Crippen LogP contribution in [0.15, 0.2) is 24.3 Å². The van der Waals surface area contributed by atoms with Crippen LogP contribution >= 0.6 is 11.5 Å². The van der Waals surface area contributed by atoms with Crippen molar-refractivity contribution in [3.8, 4) is 11.6 Å². The highest BCUT2D eigenvalue weighted by molar-refractivity contribution is 7.00. The van der Waals surface area contributed by atoms with Gasteiger partial charge in [0.05, 0.1) is 18.4 Å². The molecule has 2 aromatic heterocycles. The van der Waals surface area contributed by atoms with Crippen LogP contribution in [0.3, 0.4) is 0 Å². The predicted molar refractivity (Wildman–Crippen MR) is 115 cm³/mol. The summed E-state index contributed by atoms with van der Waals surface area (Å²) in [6.07, 6.45) is 2.39. The molecule has 0 unspecified atom stereocenters. The number of fused-ring (bicyclic) bond motifs is 1. The van der Waals surface area contributed by atoms with Crippen molar-refractivity contribution >= 4 is 23.7 Å². The molecule has 2 aliphatic heterocycles. The van der Waals surface area contributed by atoms with Gasteiger partial charge in [0.1, 0.15) is 13.2 Å². The Balaban J connectivity index is 1.37. The van der Waals surface area contributed by atoms with E-state index in [-0.39, 0.29) is 12.1 Å². The third kappa shape index (κ3) is 5.02. The van der Waals surface area contributed by atoms with Crippen LogP contribution in [0.4, 0.5) is 0 Å². The number of ether oxygens (including phenoxy) is 3. The number of nitrogens with zero attached hydrogens (tertiary/aromatic N) is 3. The van der Waals surface area contributed by atoms with Gasteiger partial charge in [-0.1, -0.05) is 0 Å². The molecule has 29 heavy (non-hydrogen) atoms. The molecular formula is C21H27BClN3O3. The number of piperidine rings is 1. The van der Waals surface area contributed by atoms with Crippen LogP contribution in [-0.4, -0.2) is 54.0 Å². The van der Waals surface area contributed by atoms with Gasteiger partial charge >= 0.3 is 0 Å². The van der Waals surface area contributed by atoms with Crippen molar-refractivity contribution in [2.45, 2.75) is 45.4 Å². The van der Waals surface area contributed by atoms with E-state index in [0.717, 1.165) is 54.2 Å². The van der Waals surface area contributed by atoms with Crippen molar-refractivity contribution < 1.29 is 14.2 Å². The van der Waals surface area contributed by atoms with E-state index in [1.54, 1.807) is 0 Å². The van der Waals surface area contributed by atoms with E-state index in [0.29, 0.717) is 32.4 Å². The molecule has 1 fully saturated rings. The zero-order valence-corrected chi connectivity index (χ0v) is 17.8. The molecule has 0 spiro atoms. The number of likely N-dealkylation sites (tertiary alicyclic amines) is 1. The van der Waals surface area contributed by atoms with Crippen molar-refractivity contribution in [2.24, 2.45) is 0 Å². The van der Waals surface area contributed by atoms with Gasteiger partial charge in [0.2, 0.25) is 0 Å². The minimum absolute atomic E-state index is 0.197. The maximum Gasteiger partial charge on any atom is 0.288 e. The van der Waals surface area contributed by atoms with Gasteiger partial charge in [-0.25, -0.2) is 4.98 Å². The Labute approximate surface area is 177 Å². The lowest BCUT2D eigenvalue weighted by molar-refractivity contribution is -0.0203. The van der Waals surface area contributed by atoms with Gasteiger partial charge in [0.25, 0.3) is 12.6 Å². The molecular weight excluding hydrogens is 389 g/mol. The van der Waals surface area contributed by atoms with Crippen molar-refractivity contribution in [3.05, 3.63) is 41.2 Å². The fraction of sp³-hybridized carbons (Fsp3) is 0.524. The van der Waals surface area contributed by atoms with Gasteiger partial charge in [0.15, 0.2) is 5.75 Å². The van der Waals surface area contributed by atoms with Crippen molar-refractivity contribution in [2.75, 3.05) is 26.3 Å². The monoisotopic (exact) mass is 415 g/mol. The first-order valence-corrected chi connectivity index (χ1v) is 10.8. The van der Waals surface area contributed by atoms with E-state index in [2.05, 4.69) is 27.9 Å². The summed E-state index contributed by atoms with van der Waals surface area (Å²) in [5.74, 6) is 1.34. The molecule has 2 aromatic rings. The third-order valence-electron chi connectivity index (χ3n) is 5.50. The number of pyridine rings is 2. The van der Waals surface area contributed by atoms with Gasteiger partial charge < -0.3 is 14.2 Å². The van der Waals surface area contributed by atoms with Crippen molar-refractivity contribution in [1.82, 2.24) is 14.9 Å². The highest BCUT2D eigenvalue weighted by Gasteiger charge is 2.26. The molecule has 6 nitrogen and oxygen atoms in total.